The van der Waals surface area contributed by atoms with Crippen molar-refractivity contribution < 1.29 is 14.3 Å². The van der Waals surface area contributed by atoms with Gasteiger partial charge in [0.1, 0.15) is 11.8 Å². The highest BCUT2D eigenvalue weighted by Crippen LogP contribution is 2.15. The summed E-state index contributed by atoms with van der Waals surface area (Å²) in [7, 11) is 0. The Hall–Kier alpha value is -2.67. The molecule has 4 nitrogen and oxygen atoms in total. The minimum absolute atomic E-state index is 0.0748. The summed E-state index contributed by atoms with van der Waals surface area (Å²) in [4.78, 5) is 22.0. The zero-order chi connectivity index (χ0) is 13.5. The Morgan fingerprint density at radius 3 is 2.39 bits per heavy atom. The molecule has 0 bridgehead atoms. The van der Waals surface area contributed by atoms with Crippen molar-refractivity contribution in [1.29, 1.82) is 5.26 Å². The second-order valence-electron chi connectivity index (χ2n) is 3.42. The first-order valence-corrected chi connectivity index (χ1v) is 5.14. The first kappa shape index (κ1) is 13.4. The van der Waals surface area contributed by atoms with Crippen molar-refractivity contribution in [3.05, 3.63) is 48.1 Å². The summed E-state index contributed by atoms with van der Waals surface area (Å²) in [5.41, 5.74) is 0.756. The van der Waals surface area contributed by atoms with E-state index in [1.807, 2.05) is 6.07 Å². The molecule has 4 heteroatoms. The van der Waals surface area contributed by atoms with Gasteiger partial charge in [-0.25, -0.2) is 4.79 Å². The smallest absolute Gasteiger partial charge is 0.335 e. The Balaban J connectivity index is 2.90. The lowest BCUT2D eigenvalue weighted by Gasteiger charge is -2.01. The van der Waals surface area contributed by atoms with Gasteiger partial charge in [0.05, 0.1) is 5.57 Å². The maximum absolute atomic E-state index is 11.1. The third-order valence-corrected chi connectivity index (χ3v) is 2.08. The van der Waals surface area contributed by atoms with E-state index < -0.39 is 5.97 Å². The van der Waals surface area contributed by atoms with Crippen molar-refractivity contribution in [1.82, 2.24) is 0 Å². The highest BCUT2D eigenvalue weighted by molar-refractivity contribution is 6.01. The molecule has 1 aromatic rings. The van der Waals surface area contributed by atoms with Crippen LogP contribution in [0, 0.1) is 11.3 Å². The molecule has 0 saturated heterocycles. The van der Waals surface area contributed by atoms with Crippen LogP contribution in [0.2, 0.25) is 0 Å². The number of Topliss-reactive ketones (excluding diaryl/α,β-unsaturated/α-hetero) is 1. The Labute approximate surface area is 105 Å². The number of carbonyl (C=O) groups is 2. The molecule has 0 N–H and O–H groups in total. The van der Waals surface area contributed by atoms with Crippen LogP contribution < -0.4 is 4.74 Å². The van der Waals surface area contributed by atoms with Crippen molar-refractivity contribution in [3.63, 3.8) is 0 Å². The molecular formula is C14H11NO3. The molecule has 0 aliphatic heterocycles. The standard InChI is InChI=1S/C14H11NO3/c1-3-14(17)18-13-6-4-11(5-7-13)8-12(9-15)10(2)16/h3-8H,1H2,2H3. The summed E-state index contributed by atoms with van der Waals surface area (Å²) in [5, 5.41) is 8.74. The Kier molecular flexibility index (Phi) is 4.58. The number of hydrogen-bond acceptors (Lipinski definition) is 4. The largest absolute Gasteiger partial charge is 0.423 e. The fourth-order valence-electron chi connectivity index (χ4n) is 1.17. The van der Waals surface area contributed by atoms with Gasteiger partial charge >= 0.3 is 5.97 Å². The number of ketones is 1. The van der Waals surface area contributed by atoms with E-state index in [-0.39, 0.29) is 11.4 Å². The van der Waals surface area contributed by atoms with Gasteiger partial charge < -0.3 is 4.74 Å². The molecule has 0 radical (unpaired) electrons. The molecule has 18 heavy (non-hydrogen) atoms. The van der Waals surface area contributed by atoms with Gasteiger partial charge in [-0.3, -0.25) is 4.79 Å². The van der Waals surface area contributed by atoms with Crippen molar-refractivity contribution in [2.24, 2.45) is 0 Å². The van der Waals surface area contributed by atoms with Crippen LogP contribution >= 0.6 is 0 Å². The molecule has 0 aromatic heterocycles. The van der Waals surface area contributed by atoms with E-state index in [1.165, 1.54) is 13.0 Å². The quantitative estimate of drug-likeness (QED) is 0.351. The number of nitrogens with zero attached hydrogens (tertiary/aromatic N) is 1. The average Bonchev–Trinajstić information content (AvgIpc) is 2.37. The van der Waals surface area contributed by atoms with Gasteiger partial charge in [-0.1, -0.05) is 18.7 Å². The second kappa shape index (κ2) is 6.16. The van der Waals surface area contributed by atoms with Crippen LogP contribution in [0.1, 0.15) is 12.5 Å². The molecule has 90 valence electrons. The predicted octanol–water partition coefficient (Wildman–Crippen LogP) is 2.27. The number of hydrogen-bond donors (Lipinski definition) is 0. The highest BCUT2D eigenvalue weighted by Gasteiger charge is 2.03. The van der Waals surface area contributed by atoms with Crippen LogP contribution in [0.4, 0.5) is 0 Å². The molecule has 0 unspecified atom stereocenters. The molecular weight excluding hydrogens is 230 g/mol. The van der Waals surface area contributed by atoms with Crippen LogP contribution in [-0.2, 0) is 9.59 Å². The average molecular weight is 241 g/mol. The molecule has 1 rings (SSSR count). The minimum atomic E-state index is -0.542. The molecule has 0 spiro atoms. The lowest BCUT2D eigenvalue weighted by atomic mass is 10.1. The lowest BCUT2D eigenvalue weighted by Crippen LogP contribution is -2.02. The van der Waals surface area contributed by atoms with E-state index in [2.05, 4.69) is 6.58 Å². The Morgan fingerprint density at radius 1 is 1.33 bits per heavy atom. The summed E-state index contributed by atoms with van der Waals surface area (Å²) >= 11 is 0. The summed E-state index contributed by atoms with van der Waals surface area (Å²) < 4.78 is 4.89. The Bertz CT molecular complexity index is 547. The number of allylic oxidation sites excluding steroid dienone is 1. The topological polar surface area (TPSA) is 67.2 Å². The van der Waals surface area contributed by atoms with Gasteiger partial charge in [-0.2, -0.15) is 5.26 Å². The number of nitriles is 1. The van der Waals surface area contributed by atoms with E-state index in [0.717, 1.165) is 6.08 Å². The fourth-order valence-corrected chi connectivity index (χ4v) is 1.17. The number of ether oxygens (including phenoxy) is 1. The second-order valence-corrected chi connectivity index (χ2v) is 3.42. The number of esters is 1. The van der Waals surface area contributed by atoms with E-state index in [0.29, 0.717) is 11.3 Å². The molecule has 0 aliphatic rings. The number of carbonyl (C=O) groups excluding carboxylic acids is 2. The molecule has 0 atom stereocenters. The normalized spacial score (nSPS) is 10.3. The molecule has 0 aliphatic carbocycles. The molecule has 0 amide bonds. The van der Waals surface area contributed by atoms with E-state index in [9.17, 15) is 9.59 Å². The summed E-state index contributed by atoms with van der Waals surface area (Å²) in [5.74, 6) is -0.460. The summed E-state index contributed by atoms with van der Waals surface area (Å²) in [6.07, 6.45) is 2.54. The zero-order valence-corrected chi connectivity index (χ0v) is 9.84. The van der Waals surface area contributed by atoms with Crippen LogP contribution in [-0.4, -0.2) is 11.8 Å². The molecule has 1 aromatic carbocycles. The molecule has 0 heterocycles. The van der Waals surface area contributed by atoms with E-state index >= 15 is 0 Å². The monoisotopic (exact) mass is 241 g/mol. The third kappa shape index (κ3) is 3.72. The SMILES string of the molecule is C=CC(=O)Oc1ccc(C=C(C#N)C(C)=O)cc1. The number of benzene rings is 1. The van der Waals surface area contributed by atoms with Gasteiger partial charge in [0.25, 0.3) is 0 Å². The zero-order valence-electron chi connectivity index (χ0n) is 9.84. The van der Waals surface area contributed by atoms with Gasteiger partial charge in [0.15, 0.2) is 5.78 Å². The van der Waals surface area contributed by atoms with Gasteiger partial charge in [-0.15, -0.1) is 0 Å². The molecule has 0 fully saturated rings. The number of rotatable bonds is 4. The summed E-state index contributed by atoms with van der Waals surface area (Å²) in [6.45, 7) is 4.62. The maximum atomic E-state index is 11.1. The first-order chi connectivity index (χ1) is 8.56. The maximum Gasteiger partial charge on any atom is 0.335 e. The van der Waals surface area contributed by atoms with Crippen molar-refractivity contribution in [2.45, 2.75) is 6.92 Å². The Morgan fingerprint density at radius 2 is 1.94 bits per heavy atom. The van der Waals surface area contributed by atoms with E-state index in [4.69, 9.17) is 10.00 Å². The third-order valence-electron chi connectivity index (χ3n) is 2.08. The van der Waals surface area contributed by atoms with Gasteiger partial charge in [-0.05, 0) is 30.7 Å². The van der Waals surface area contributed by atoms with Gasteiger partial charge in [0.2, 0.25) is 0 Å². The van der Waals surface area contributed by atoms with Crippen LogP contribution in [0.5, 0.6) is 5.75 Å². The van der Waals surface area contributed by atoms with E-state index in [1.54, 1.807) is 24.3 Å². The van der Waals surface area contributed by atoms with Crippen molar-refractivity contribution in [2.75, 3.05) is 0 Å². The van der Waals surface area contributed by atoms with Crippen LogP contribution in [0.15, 0.2) is 42.5 Å². The minimum Gasteiger partial charge on any atom is -0.423 e. The first-order valence-electron chi connectivity index (χ1n) is 5.14. The highest BCUT2D eigenvalue weighted by atomic mass is 16.5. The fraction of sp³-hybridized carbons (Fsp3) is 0.0714. The van der Waals surface area contributed by atoms with Crippen molar-refractivity contribution >= 4 is 17.8 Å². The lowest BCUT2D eigenvalue weighted by molar-refractivity contribution is -0.129. The molecule has 0 saturated carbocycles. The van der Waals surface area contributed by atoms with Crippen LogP contribution in [0.25, 0.3) is 6.08 Å². The van der Waals surface area contributed by atoms with Crippen LogP contribution in [0.3, 0.4) is 0 Å². The van der Waals surface area contributed by atoms with Gasteiger partial charge in [0, 0.05) is 6.08 Å². The van der Waals surface area contributed by atoms with Crippen molar-refractivity contribution in [3.8, 4) is 11.8 Å². The predicted molar refractivity (Wildman–Crippen MR) is 66.5 cm³/mol. The summed E-state index contributed by atoms with van der Waals surface area (Å²) in [6, 6.07) is 8.25.